The van der Waals surface area contributed by atoms with Gasteiger partial charge < -0.3 is 11.5 Å². The molecule has 0 fully saturated rings. The van der Waals surface area contributed by atoms with E-state index in [2.05, 4.69) is 45.1 Å². The first kappa shape index (κ1) is 16.3. The lowest BCUT2D eigenvalue weighted by atomic mass is 10.0. The number of rotatable bonds is 4. The van der Waals surface area contributed by atoms with Crippen molar-refractivity contribution in [3.8, 4) is 0 Å². The number of hydrogen-bond acceptors (Lipinski definition) is 5. The summed E-state index contributed by atoms with van der Waals surface area (Å²) in [7, 11) is 0. The lowest BCUT2D eigenvalue weighted by Crippen LogP contribution is -2.00. The summed E-state index contributed by atoms with van der Waals surface area (Å²) in [5.41, 5.74) is 14.4. The zero-order chi connectivity index (χ0) is 16.1. The second-order valence-electron chi connectivity index (χ2n) is 4.49. The highest BCUT2D eigenvalue weighted by molar-refractivity contribution is 9.10. The molecule has 2 aromatic rings. The fourth-order valence-corrected chi connectivity index (χ4v) is 2.09. The molecule has 0 aliphatic rings. The first-order valence-corrected chi connectivity index (χ1v) is 7.61. The first-order valence-electron chi connectivity index (χ1n) is 6.37. The van der Waals surface area contributed by atoms with Crippen molar-refractivity contribution in [2.45, 2.75) is 4.90 Å². The zero-order valence-corrected chi connectivity index (χ0v) is 14.2. The van der Waals surface area contributed by atoms with Crippen LogP contribution in [0.1, 0.15) is 5.56 Å². The topological polar surface area (TPSA) is 77.3 Å². The lowest BCUT2D eigenvalue weighted by molar-refractivity contribution is 1.27. The van der Waals surface area contributed by atoms with Crippen molar-refractivity contribution in [3.63, 3.8) is 0 Å². The van der Waals surface area contributed by atoms with Gasteiger partial charge in [0.15, 0.2) is 5.82 Å². The Morgan fingerprint density at radius 1 is 1.32 bits per heavy atom. The molecule has 22 heavy (non-hydrogen) atoms. The van der Waals surface area contributed by atoms with Gasteiger partial charge in [-0.25, -0.2) is 9.98 Å². The molecule has 6 heteroatoms. The van der Waals surface area contributed by atoms with E-state index in [9.17, 15) is 0 Å². The number of nitrogens with two attached hydrogens (primary N) is 2. The predicted molar refractivity (Wildman–Crippen MR) is 99.5 cm³/mol. The van der Waals surface area contributed by atoms with Crippen molar-refractivity contribution < 1.29 is 0 Å². The number of benzene rings is 1. The van der Waals surface area contributed by atoms with Gasteiger partial charge >= 0.3 is 0 Å². The third-order valence-corrected chi connectivity index (χ3v) is 3.76. The smallest absolute Gasteiger partial charge is 0.151 e. The van der Waals surface area contributed by atoms with Crippen LogP contribution in [0.15, 0.2) is 69.2 Å². The molecule has 0 saturated carbocycles. The average molecular weight is 375 g/mol. The van der Waals surface area contributed by atoms with E-state index in [1.807, 2.05) is 18.2 Å². The first-order chi connectivity index (χ1) is 10.5. The summed E-state index contributed by atoms with van der Waals surface area (Å²) in [4.78, 5) is 9.04. The van der Waals surface area contributed by atoms with Crippen molar-refractivity contribution >= 4 is 51.9 Å². The molecule has 0 radical (unpaired) electrons. The molecule has 112 valence electrons. The van der Waals surface area contributed by atoms with Gasteiger partial charge in [0, 0.05) is 33.2 Å². The molecule has 0 spiro atoms. The Balaban J connectivity index is 2.12. The minimum Gasteiger partial charge on any atom is -0.398 e. The summed E-state index contributed by atoms with van der Waals surface area (Å²) in [6, 6.07) is 9.12. The normalized spacial score (nSPS) is 11.8. The molecule has 1 aromatic carbocycles. The summed E-state index contributed by atoms with van der Waals surface area (Å²) in [6.45, 7) is 3.98. The molecule has 4 nitrogen and oxygen atoms in total. The van der Waals surface area contributed by atoms with Gasteiger partial charge in [-0.15, -0.1) is 12.6 Å². The number of aromatic nitrogens is 1. The SMILES string of the molecule is C=C(C(N)=CC=Nc1ccc(Br)cn1)c1ccc(N)c(S)c1. The number of thiol groups is 1. The van der Waals surface area contributed by atoms with Crippen LogP contribution in [0.25, 0.3) is 5.57 Å². The number of nitrogen functional groups attached to an aromatic ring is 1. The number of nitrogens with zero attached hydrogens (tertiary/aromatic N) is 2. The number of aliphatic imine (C=N–C) groups is 1. The number of hydrogen-bond donors (Lipinski definition) is 3. The Labute approximate surface area is 143 Å². The highest BCUT2D eigenvalue weighted by atomic mass is 79.9. The second kappa shape index (κ2) is 7.29. The van der Waals surface area contributed by atoms with E-state index in [1.165, 1.54) is 0 Å². The molecule has 1 aromatic heterocycles. The molecular weight excluding hydrogens is 360 g/mol. The Hall–Kier alpha value is -2.05. The third-order valence-electron chi connectivity index (χ3n) is 2.90. The van der Waals surface area contributed by atoms with Crippen LogP contribution in [0.2, 0.25) is 0 Å². The Morgan fingerprint density at radius 3 is 2.73 bits per heavy atom. The van der Waals surface area contributed by atoms with Gasteiger partial charge in [-0.1, -0.05) is 12.6 Å². The minimum absolute atomic E-state index is 0.512. The van der Waals surface area contributed by atoms with E-state index in [0.717, 1.165) is 10.0 Å². The fraction of sp³-hybridized carbons (Fsp3) is 0. The van der Waals surface area contributed by atoms with E-state index in [0.29, 0.717) is 27.7 Å². The monoisotopic (exact) mass is 374 g/mol. The van der Waals surface area contributed by atoms with Crippen molar-refractivity contribution in [2.24, 2.45) is 10.7 Å². The molecule has 1 heterocycles. The van der Waals surface area contributed by atoms with E-state index in [4.69, 9.17) is 11.5 Å². The van der Waals surface area contributed by atoms with Crippen molar-refractivity contribution in [1.82, 2.24) is 4.98 Å². The van der Waals surface area contributed by atoms with Gasteiger partial charge in [0.25, 0.3) is 0 Å². The molecule has 0 atom stereocenters. The van der Waals surface area contributed by atoms with Crippen LogP contribution in [0.4, 0.5) is 11.5 Å². The highest BCUT2D eigenvalue weighted by Crippen LogP contribution is 2.24. The van der Waals surface area contributed by atoms with Gasteiger partial charge in [0.1, 0.15) is 0 Å². The quantitative estimate of drug-likeness (QED) is 0.328. The third kappa shape index (κ3) is 4.22. The van der Waals surface area contributed by atoms with E-state index < -0.39 is 0 Å². The van der Waals surface area contributed by atoms with Crippen molar-refractivity contribution in [2.75, 3.05) is 5.73 Å². The summed E-state index contributed by atoms with van der Waals surface area (Å²) in [6.07, 6.45) is 4.96. The molecule has 0 amide bonds. The molecule has 2 rings (SSSR count). The largest absolute Gasteiger partial charge is 0.398 e. The van der Waals surface area contributed by atoms with Crippen LogP contribution in [0.5, 0.6) is 0 Å². The molecule has 0 saturated heterocycles. The van der Waals surface area contributed by atoms with Crippen LogP contribution in [-0.2, 0) is 0 Å². The van der Waals surface area contributed by atoms with Gasteiger partial charge in [-0.3, -0.25) is 0 Å². The molecule has 0 aliphatic carbocycles. The molecule has 0 bridgehead atoms. The molecular formula is C16H15BrN4S. The summed E-state index contributed by atoms with van der Waals surface area (Å²) in [5, 5.41) is 0. The summed E-state index contributed by atoms with van der Waals surface area (Å²) in [5.74, 6) is 0.600. The van der Waals surface area contributed by atoms with Crippen LogP contribution in [0.3, 0.4) is 0 Å². The average Bonchev–Trinajstić information content (AvgIpc) is 2.51. The maximum atomic E-state index is 6.01. The number of pyridine rings is 1. The fourth-order valence-electron chi connectivity index (χ4n) is 1.64. The van der Waals surface area contributed by atoms with Crippen LogP contribution < -0.4 is 11.5 Å². The second-order valence-corrected chi connectivity index (χ2v) is 5.88. The van der Waals surface area contributed by atoms with E-state index in [1.54, 1.807) is 30.6 Å². The maximum Gasteiger partial charge on any atom is 0.151 e. The Bertz CT molecular complexity index is 751. The summed E-state index contributed by atoms with van der Waals surface area (Å²) >= 11 is 7.61. The van der Waals surface area contributed by atoms with Crippen LogP contribution >= 0.6 is 28.6 Å². The molecule has 0 aliphatic heterocycles. The van der Waals surface area contributed by atoms with Crippen LogP contribution in [0, 0.1) is 0 Å². The minimum atomic E-state index is 0.512. The van der Waals surface area contributed by atoms with Gasteiger partial charge in [0.2, 0.25) is 0 Å². The van der Waals surface area contributed by atoms with Crippen molar-refractivity contribution in [1.29, 1.82) is 0 Å². The van der Waals surface area contributed by atoms with Crippen LogP contribution in [-0.4, -0.2) is 11.2 Å². The van der Waals surface area contributed by atoms with E-state index >= 15 is 0 Å². The van der Waals surface area contributed by atoms with Gasteiger partial charge in [0.05, 0.1) is 0 Å². The molecule has 4 N–H and O–H groups in total. The molecule has 0 unspecified atom stereocenters. The lowest BCUT2D eigenvalue weighted by Gasteiger charge is -2.07. The predicted octanol–water partition coefficient (Wildman–Crippen LogP) is 3.97. The van der Waals surface area contributed by atoms with E-state index in [-0.39, 0.29) is 0 Å². The number of anilines is 1. The number of allylic oxidation sites excluding steroid dienone is 2. The highest BCUT2D eigenvalue weighted by Gasteiger charge is 2.03. The zero-order valence-electron chi connectivity index (χ0n) is 11.7. The van der Waals surface area contributed by atoms with Crippen molar-refractivity contribution in [3.05, 3.63) is 64.9 Å². The standard InChI is InChI=1S/C16H15BrN4S/c1-10(11-2-4-14(19)15(22)8-11)13(18)6-7-20-16-5-3-12(17)9-21-16/h2-9,22H,1,18-19H2. The Kier molecular flexibility index (Phi) is 5.41. The summed E-state index contributed by atoms with van der Waals surface area (Å²) < 4.78 is 0.904. The maximum absolute atomic E-state index is 6.01. The van der Waals surface area contributed by atoms with Gasteiger partial charge in [-0.05, 0) is 57.4 Å². The van der Waals surface area contributed by atoms with Gasteiger partial charge in [-0.2, -0.15) is 0 Å². The number of halogens is 1. The Morgan fingerprint density at radius 2 is 2.09 bits per heavy atom.